The van der Waals surface area contributed by atoms with Gasteiger partial charge in [0, 0.05) is 13.0 Å². The van der Waals surface area contributed by atoms with E-state index in [1.807, 2.05) is 0 Å². The van der Waals surface area contributed by atoms with Crippen molar-refractivity contribution in [2.75, 3.05) is 38.3 Å². The van der Waals surface area contributed by atoms with Gasteiger partial charge in [-0.05, 0) is 18.6 Å². The zero-order chi connectivity index (χ0) is 24.0. The third kappa shape index (κ3) is 5.70. The van der Waals surface area contributed by atoms with Crippen molar-refractivity contribution >= 4 is 41.3 Å². The van der Waals surface area contributed by atoms with Crippen molar-refractivity contribution in [1.29, 1.82) is 0 Å². The second-order valence-corrected chi connectivity index (χ2v) is 7.12. The SMILES string of the molecule is O=C(O)NCCOCCOCC(=O)Nc1cccc2c1C(=O)N(C1CCC(=O)NC1=O)C2=O. The maximum Gasteiger partial charge on any atom is 0.404 e. The van der Waals surface area contributed by atoms with Crippen molar-refractivity contribution < 1.29 is 43.3 Å². The van der Waals surface area contributed by atoms with Crippen LogP contribution in [0.5, 0.6) is 0 Å². The van der Waals surface area contributed by atoms with E-state index in [1.54, 1.807) is 0 Å². The highest BCUT2D eigenvalue weighted by Gasteiger charge is 2.45. The molecule has 1 aromatic carbocycles. The quantitative estimate of drug-likeness (QED) is 0.259. The number of amides is 6. The number of ether oxygens (including phenoxy) is 2. The largest absolute Gasteiger partial charge is 0.465 e. The molecule has 3 rings (SSSR count). The predicted molar refractivity (Wildman–Crippen MR) is 109 cm³/mol. The molecule has 13 heteroatoms. The molecule has 1 atom stereocenters. The van der Waals surface area contributed by atoms with E-state index in [1.165, 1.54) is 18.2 Å². The first-order chi connectivity index (χ1) is 15.8. The normalized spacial score (nSPS) is 17.6. The van der Waals surface area contributed by atoms with Gasteiger partial charge in [0.2, 0.25) is 17.7 Å². The van der Waals surface area contributed by atoms with Gasteiger partial charge in [-0.3, -0.25) is 34.2 Å². The molecule has 0 aliphatic carbocycles. The molecule has 2 aliphatic rings. The van der Waals surface area contributed by atoms with Gasteiger partial charge in [0.05, 0.1) is 36.6 Å². The lowest BCUT2D eigenvalue weighted by atomic mass is 10.0. The summed E-state index contributed by atoms with van der Waals surface area (Å²) in [5.41, 5.74) is 0.117. The fourth-order valence-electron chi connectivity index (χ4n) is 3.42. The summed E-state index contributed by atoms with van der Waals surface area (Å²) < 4.78 is 10.3. The van der Waals surface area contributed by atoms with E-state index < -0.39 is 41.7 Å². The first-order valence-electron chi connectivity index (χ1n) is 10.1. The van der Waals surface area contributed by atoms with Gasteiger partial charge < -0.3 is 25.2 Å². The minimum absolute atomic E-state index is 0.00449. The predicted octanol–water partition coefficient (Wildman–Crippen LogP) is -0.673. The number of carbonyl (C=O) groups excluding carboxylic acids is 5. The van der Waals surface area contributed by atoms with Crippen molar-refractivity contribution in [2.24, 2.45) is 0 Å². The number of imide groups is 2. The van der Waals surface area contributed by atoms with Crippen molar-refractivity contribution in [1.82, 2.24) is 15.5 Å². The van der Waals surface area contributed by atoms with Crippen LogP contribution in [0.1, 0.15) is 33.6 Å². The molecule has 0 radical (unpaired) electrons. The summed E-state index contributed by atoms with van der Waals surface area (Å²) in [5, 5.41) is 15.2. The minimum atomic E-state index is -1.15. The molecule has 4 N–H and O–H groups in total. The Morgan fingerprint density at radius 1 is 1.09 bits per heavy atom. The van der Waals surface area contributed by atoms with Crippen LogP contribution in [0.25, 0.3) is 0 Å². The number of fused-ring (bicyclic) bond motifs is 1. The van der Waals surface area contributed by atoms with E-state index in [4.69, 9.17) is 14.6 Å². The van der Waals surface area contributed by atoms with E-state index in [2.05, 4.69) is 16.0 Å². The Morgan fingerprint density at radius 3 is 2.58 bits per heavy atom. The average molecular weight is 462 g/mol. The third-order valence-electron chi connectivity index (χ3n) is 4.87. The lowest BCUT2D eigenvalue weighted by molar-refractivity contribution is -0.136. The number of piperidine rings is 1. The highest BCUT2D eigenvalue weighted by molar-refractivity contribution is 6.26. The minimum Gasteiger partial charge on any atom is -0.465 e. The zero-order valence-corrected chi connectivity index (χ0v) is 17.4. The number of nitrogens with one attached hydrogen (secondary N) is 3. The van der Waals surface area contributed by atoms with Gasteiger partial charge in [-0.1, -0.05) is 6.07 Å². The van der Waals surface area contributed by atoms with Gasteiger partial charge in [0.1, 0.15) is 12.6 Å². The van der Waals surface area contributed by atoms with Crippen molar-refractivity contribution in [3.63, 3.8) is 0 Å². The highest BCUT2D eigenvalue weighted by atomic mass is 16.5. The van der Waals surface area contributed by atoms with Gasteiger partial charge in [0.25, 0.3) is 11.8 Å². The molecule has 33 heavy (non-hydrogen) atoms. The molecular formula is C20H22N4O9. The molecule has 0 bridgehead atoms. The summed E-state index contributed by atoms with van der Waals surface area (Å²) in [6.45, 7) is 0.145. The lowest BCUT2D eigenvalue weighted by Crippen LogP contribution is -2.54. The number of hydrogen-bond donors (Lipinski definition) is 4. The van der Waals surface area contributed by atoms with Gasteiger partial charge in [-0.2, -0.15) is 0 Å². The molecule has 0 aromatic heterocycles. The molecule has 0 saturated carbocycles. The number of carbonyl (C=O) groups is 6. The molecule has 1 fully saturated rings. The molecule has 2 heterocycles. The second kappa shape index (κ2) is 10.7. The van der Waals surface area contributed by atoms with Gasteiger partial charge in [-0.15, -0.1) is 0 Å². The van der Waals surface area contributed by atoms with E-state index in [0.717, 1.165) is 4.90 Å². The van der Waals surface area contributed by atoms with Gasteiger partial charge >= 0.3 is 6.09 Å². The standard InChI is InChI=1S/C20H22N4O9/c25-14-5-4-13(17(27)23-14)24-18(28)11-2-1-3-12(16(11)19(24)29)22-15(26)10-33-9-8-32-7-6-21-20(30)31/h1-3,13,21H,4-10H2,(H,22,26)(H,30,31)(H,23,25,27). The molecule has 1 aromatic rings. The third-order valence-corrected chi connectivity index (χ3v) is 4.87. The van der Waals surface area contributed by atoms with Crippen LogP contribution in [0, 0.1) is 0 Å². The second-order valence-electron chi connectivity index (χ2n) is 7.12. The van der Waals surface area contributed by atoms with Crippen LogP contribution in [0.15, 0.2) is 18.2 Å². The Bertz CT molecular complexity index is 994. The summed E-state index contributed by atoms with van der Waals surface area (Å²) in [6, 6.07) is 3.26. The Balaban J connectivity index is 1.54. The topological polar surface area (TPSA) is 180 Å². The van der Waals surface area contributed by atoms with Gasteiger partial charge in [0.15, 0.2) is 0 Å². The zero-order valence-electron chi connectivity index (χ0n) is 17.4. The molecule has 6 amide bonds. The van der Waals surface area contributed by atoms with E-state index >= 15 is 0 Å². The average Bonchev–Trinajstić information content (AvgIpc) is 3.01. The summed E-state index contributed by atoms with van der Waals surface area (Å²) in [4.78, 5) is 72.6. The highest BCUT2D eigenvalue weighted by Crippen LogP contribution is 2.32. The van der Waals surface area contributed by atoms with Crippen LogP contribution >= 0.6 is 0 Å². The Morgan fingerprint density at radius 2 is 1.85 bits per heavy atom. The Labute approximate surface area is 187 Å². The summed E-state index contributed by atoms with van der Waals surface area (Å²) in [5.74, 6) is -3.17. The Hall–Kier alpha value is -3.84. The van der Waals surface area contributed by atoms with Crippen LogP contribution in [0.3, 0.4) is 0 Å². The van der Waals surface area contributed by atoms with Gasteiger partial charge in [-0.25, -0.2) is 4.79 Å². The maximum absolute atomic E-state index is 13.0. The molecule has 1 unspecified atom stereocenters. The lowest BCUT2D eigenvalue weighted by Gasteiger charge is -2.27. The molecule has 2 aliphatic heterocycles. The van der Waals surface area contributed by atoms with E-state index in [0.29, 0.717) is 0 Å². The smallest absolute Gasteiger partial charge is 0.404 e. The van der Waals surface area contributed by atoms with Crippen molar-refractivity contribution in [3.05, 3.63) is 29.3 Å². The van der Waals surface area contributed by atoms with Crippen LogP contribution in [-0.2, 0) is 23.9 Å². The number of anilines is 1. The molecule has 0 spiro atoms. The number of hydrogen-bond acceptors (Lipinski definition) is 8. The fraction of sp³-hybridized carbons (Fsp3) is 0.400. The molecule has 176 valence electrons. The first kappa shape index (κ1) is 23.8. The number of nitrogens with zero attached hydrogens (tertiary/aromatic N) is 1. The summed E-state index contributed by atoms with van der Waals surface area (Å²) >= 11 is 0. The van der Waals surface area contributed by atoms with Crippen LogP contribution in [0.2, 0.25) is 0 Å². The monoisotopic (exact) mass is 462 g/mol. The van der Waals surface area contributed by atoms with Crippen LogP contribution < -0.4 is 16.0 Å². The Kier molecular flexibility index (Phi) is 7.69. The van der Waals surface area contributed by atoms with Crippen molar-refractivity contribution in [3.8, 4) is 0 Å². The fourth-order valence-corrected chi connectivity index (χ4v) is 3.42. The first-order valence-corrected chi connectivity index (χ1v) is 10.1. The number of rotatable bonds is 10. The van der Waals surface area contributed by atoms with E-state index in [-0.39, 0.29) is 62.6 Å². The number of carboxylic acid groups (broad SMARTS) is 1. The summed E-state index contributed by atoms with van der Waals surface area (Å²) in [6.07, 6.45) is -1.12. The maximum atomic E-state index is 13.0. The molecular weight excluding hydrogens is 440 g/mol. The van der Waals surface area contributed by atoms with Crippen molar-refractivity contribution in [2.45, 2.75) is 18.9 Å². The summed E-state index contributed by atoms with van der Waals surface area (Å²) in [7, 11) is 0. The number of benzene rings is 1. The van der Waals surface area contributed by atoms with Crippen LogP contribution in [0.4, 0.5) is 10.5 Å². The van der Waals surface area contributed by atoms with E-state index in [9.17, 15) is 28.8 Å². The molecule has 1 saturated heterocycles. The van der Waals surface area contributed by atoms with Crippen LogP contribution in [-0.4, -0.2) is 84.6 Å². The molecule has 13 nitrogen and oxygen atoms in total.